The van der Waals surface area contributed by atoms with Gasteiger partial charge in [0.2, 0.25) is 0 Å². The predicted octanol–water partition coefficient (Wildman–Crippen LogP) is -2.29. The third-order valence-electron chi connectivity index (χ3n) is 4.57. The molecule has 1 aromatic carbocycles. The number of carbonyl (C=O) groups is 2. The fourth-order valence-electron chi connectivity index (χ4n) is 3.23. The van der Waals surface area contributed by atoms with Gasteiger partial charge in [0.1, 0.15) is 11.7 Å². The maximum absolute atomic E-state index is 12.7. The molecular formula is C15H13F3NNaO4. The molecule has 5 nitrogen and oxygen atoms in total. The zero-order valence-corrected chi connectivity index (χ0v) is 15.0. The number of ether oxygens (including phenoxy) is 1. The van der Waals surface area contributed by atoms with Crippen LogP contribution in [-0.4, -0.2) is 36.5 Å². The fourth-order valence-corrected chi connectivity index (χ4v) is 3.23. The van der Waals surface area contributed by atoms with E-state index in [-0.39, 0.29) is 55.0 Å². The molecule has 124 valence electrons. The molecule has 1 saturated heterocycles. The molecule has 1 spiro atoms. The van der Waals surface area contributed by atoms with Crippen molar-refractivity contribution in [1.29, 1.82) is 0 Å². The summed E-state index contributed by atoms with van der Waals surface area (Å²) < 4.78 is 43.7. The minimum absolute atomic E-state index is 0. The molecule has 3 rings (SSSR count). The van der Waals surface area contributed by atoms with E-state index in [9.17, 15) is 27.9 Å². The van der Waals surface area contributed by atoms with Crippen molar-refractivity contribution in [3.63, 3.8) is 0 Å². The van der Waals surface area contributed by atoms with Crippen LogP contribution >= 0.6 is 0 Å². The number of benzene rings is 1. The zero-order chi connectivity index (χ0) is 16.8. The number of amides is 1. The van der Waals surface area contributed by atoms with Gasteiger partial charge in [-0.2, -0.15) is 13.2 Å². The first-order chi connectivity index (χ1) is 10.7. The summed E-state index contributed by atoms with van der Waals surface area (Å²) in [5.41, 5.74) is -0.550. The maximum atomic E-state index is 12.7. The Bertz CT molecular complexity index is 669. The van der Waals surface area contributed by atoms with Gasteiger partial charge in [-0.15, -0.1) is 0 Å². The van der Waals surface area contributed by atoms with Crippen LogP contribution in [0.3, 0.4) is 0 Å². The number of carbonyl (C=O) groups excluding carboxylic acids is 2. The molecular weight excluding hydrogens is 338 g/mol. The molecule has 1 aromatic rings. The van der Waals surface area contributed by atoms with E-state index in [4.69, 9.17) is 4.74 Å². The monoisotopic (exact) mass is 351 g/mol. The van der Waals surface area contributed by atoms with Crippen LogP contribution in [0, 0.1) is 0 Å². The molecule has 0 N–H and O–H groups in total. The number of aliphatic carboxylic acids is 1. The molecule has 2 heterocycles. The van der Waals surface area contributed by atoms with Crippen molar-refractivity contribution in [2.45, 2.75) is 24.4 Å². The summed E-state index contributed by atoms with van der Waals surface area (Å²) in [7, 11) is 0. The van der Waals surface area contributed by atoms with Gasteiger partial charge in [0, 0.05) is 24.1 Å². The minimum atomic E-state index is -4.43. The SMILES string of the molecule is O=C([O-])C(=O)N1CCC2(CC1)COc1cc(C(F)(F)F)ccc12.[Na+]. The molecule has 24 heavy (non-hydrogen) atoms. The number of rotatable bonds is 0. The van der Waals surface area contributed by atoms with E-state index < -0.39 is 29.0 Å². The number of halogens is 3. The summed E-state index contributed by atoms with van der Waals surface area (Å²) >= 11 is 0. The Labute approximate surface area is 158 Å². The van der Waals surface area contributed by atoms with Gasteiger partial charge in [-0.1, -0.05) is 6.07 Å². The van der Waals surface area contributed by atoms with Crippen molar-refractivity contribution in [1.82, 2.24) is 4.90 Å². The van der Waals surface area contributed by atoms with Gasteiger partial charge < -0.3 is 19.5 Å². The van der Waals surface area contributed by atoms with E-state index in [0.29, 0.717) is 18.4 Å². The summed E-state index contributed by atoms with van der Waals surface area (Å²) in [5.74, 6) is -2.61. The second-order valence-electron chi connectivity index (χ2n) is 5.86. The molecule has 0 atom stereocenters. The number of carboxylic acids is 1. The molecule has 0 saturated carbocycles. The third kappa shape index (κ3) is 3.27. The van der Waals surface area contributed by atoms with Crippen molar-refractivity contribution in [2.75, 3.05) is 19.7 Å². The molecule has 0 aliphatic carbocycles. The predicted molar refractivity (Wildman–Crippen MR) is 69.4 cm³/mol. The van der Waals surface area contributed by atoms with Gasteiger partial charge in [0.15, 0.2) is 0 Å². The zero-order valence-electron chi connectivity index (χ0n) is 13.0. The Morgan fingerprint density at radius 2 is 1.83 bits per heavy atom. The number of carboxylic acid groups (broad SMARTS) is 1. The number of fused-ring (bicyclic) bond motifs is 2. The van der Waals surface area contributed by atoms with E-state index >= 15 is 0 Å². The van der Waals surface area contributed by atoms with Gasteiger partial charge >= 0.3 is 35.7 Å². The first-order valence-corrected chi connectivity index (χ1v) is 7.08. The van der Waals surface area contributed by atoms with Gasteiger partial charge in [-0.05, 0) is 25.0 Å². The molecule has 1 amide bonds. The van der Waals surface area contributed by atoms with Crippen LogP contribution in [0.2, 0.25) is 0 Å². The third-order valence-corrected chi connectivity index (χ3v) is 4.57. The molecule has 0 radical (unpaired) electrons. The summed E-state index contributed by atoms with van der Waals surface area (Å²) in [5, 5.41) is 10.6. The van der Waals surface area contributed by atoms with E-state index in [2.05, 4.69) is 0 Å². The van der Waals surface area contributed by atoms with Crippen molar-refractivity contribution >= 4 is 11.9 Å². The Morgan fingerprint density at radius 3 is 2.38 bits per heavy atom. The molecule has 0 aromatic heterocycles. The van der Waals surface area contributed by atoms with Crippen LogP contribution in [0.25, 0.3) is 0 Å². The average molecular weight is 351 g/mol. The van der Waals surface area contributed by atoms with Crippen LogP contribution in [0.15, 0.2) is 18.2 Å². The molecule has 1 fully saturated rings. The molecule has 0 unspecified atom stereocenters. The number of piperidine rings is 1. The standard InChI is InChI=1S/C15H14F3NO4.Na/c16-15(17,18)9-1-2-10-11(7-9)23-8-14(10)3-5-19(6-4-14)12(20)13(21)22;/h1-2,7H,3-6,8H2,(H,21,22);/q;+1/p-1. The summed E-state index contributed by atoms with van der Waals surface area (Å²) in [6.07, 6.45) is -3.56. The number of nitrogens with zero attached hydrogens (tertiary/aromatic N) is 1. The van der Waals surface area contributed by atoms with Gasteiger partial charge in [0.25, 0.3) is 5.91 Å². The van der Waals surface area contributed by atoms with Gasteiger partial charge in [0.05, 0.1) is 12.2 Å². The minimum Gasteiger partial charge on any atom is -0.540 e. The second kappa shape index (κ2) is 6.57. The topological polar surface area (TPSA) is 69.7 Å². The summed E-state index contributed by atoms with van der Waals surface area (Å²) in [6, 6.07) is 3.43. The first kappa shape index (κ1) is 19.1. The molecule has 0 bridgehead atoms. The molecule has 2 aliphatic rings. The van der Waals surface area contributed by atoms with Crippen LogP contribution in [0.4, 0.5) is 13.2 Å². The van der Waals surface area contributed by atoms with Crippen molar-refractivity contribution in [2.24, 2.45) is 0 Å². The van der Waals surface area contributed by atoms with E-state index in [1.54, 1.807) is 0 Å². The largest absolute Gasteiger partial charge is 1.00 e. The number of hydrogen-bond donors (Lipinski definition) is 0. The fraction of sp³-hybridized carbons (Fsp3) is 0.467. The van der Waals surface area contributed by atoms with Crippen LogP contribution < -0.4 is 39.4 Å². The van der Waals surface area contributed by atoms with Crippen LogP contribution in [0.1, 0.15) is 24.0 Å². The van der Waals surface area contributed by atoms with E-state index in [0.717, 1.165) is 12.1 Å². The van der Waals surface area contributed by atoms with E-state index in [1.165, 1.54) is 11.0 Å². The van der Waals surface area contributed by atoms with Gasteiger partial charge in [-0.3, -0.25) is 4.79 Å². The van der Waals surface area contributed by atoms with Crippen LogP contribution in [0.5, 0.6) is 5.75 Å². The number of alkyl halides is 3. The number of hydrogen-bond acceptors (Lipinski definition) is 4. The number of likely N-dealkylation sites (tertiary alicyclic amines) is 1. The van der Waals surface area contributed by atoms with E-state index in [1.807, 2.05) is 0 Å². The smallest absolute Gasteiger partial charge is 0.540 e. The van der Waals surface area contributed by atoms with Crippen molar-refractivity contribution in [3.05, 3.63) is 29.3 Å². The second-order valence-corrected chi connectivity index (χ2v) is 5.86. The Hall–Kier alpha value is -1.25. The van der Waals surface area contributed by atoms with Crippen LogP contribution in [-0.2, 0) is 21.2 Å². The van der Waals surface area contributed by atoms with Gasteiger partial charge in [-0.25, -0.2) is 0 Å². The normalized spacial score (nSPS) is 18.5. The average Bonchev–Trinajstić information content (AvgIpc) is 2.85. The first-order valence-electron chi connectivity index (χ1n) is 7.08. The van der Waals surface area contributed by atoms with Crippen molar-refractivity contribution in [3.8, 4) is 5.75 Å². The maximum Gasteiger partial charge on any atom is 1.00 e. The molecule has 9 heteroatoms. The summed E-state index contributed by atoms with van der Waals surface area (Å²) in [6.45, 7) is 0.643. The Morgan fingerprint density at radius 1 is 1.21 bits per heavy atom. The Kier molecular flexibility index (Phi) is 5.22. The molecule has 2 aliphatic heterocycles. The quantitative estimate of drug-likeness (QED) is 0.390. The Balaban J connectivity index is 0.00000208. The van der Waals surface area contributed by atoms with Crippen molar-refractivity contribution < 1.29 is 62.2 Å². The summed E-state index contributed by atoms with van der Waals surface area (Å²) in [4.78, 5) is 23.2.